The molecule has 1 saturated heterocycles. The number of likely N-dealkylation sites (tertiary alicyclic amines) is 1. The van der Waals surface area contributed by atoms with Gasteiger partial charge >= 0.3 is 5.97 Å². The van der Waals surface area contributed by atoms with E-state index in [0.29, 0.717) is 30.2 Å². The zero-order valence-electron chi connectivity index (χ0n) is 18.0. The maximum absolute atomic E-state index is 12.7. The van der Waals surface area contributed by atoms with Crippen LogP contribution in [-0.2, 0) is 20.7 Å². The maximum Gasteiger partial charge on any atom is 0.306 e. The number of benzene rings is 2. The molecule has 2 aromatic rings. The zero-order chi connectivity index (χ0) is 22.1. The molecule has 0 aromatic heterocycles. The van der Waals surface area contributed by atoms with Gasteiger partial charge in [0.25, 0.3) is 5.91 Å². The number of carbonyl (C=O) groups excluding carboxylic acids is 3. The lowest BCUT2D eigenvalue weighted by atomic mass is 9.98. The SMILES string of the molecule is CC1CCN(C(=O)c2cccc(NC(=O)CCC(=O)OCCc3ccccc3)c2)CC1. The highest BCUT2D eigenvalue weighted by Gasteiger charge is 2.21. The van der Waals surface area contributed by atoms with Crippen LogP contribution in [0.4, 0.5) is 5.69 Å². The molecule has 1 heterocycles. The van der Waals surface area contributed by atoms with Crippen LogP contribution in [0.1, 0.15) is 48.5 Å². The van der Waals surface area contributed by atoms with Gasteiger partial charge in [-0.05, 0) is 42.5 Å². The van der Waals surface area contributed by atoms with E-state index in [0.717, 1.165) is 31.5 Å². The number of rotatable bonds is 8. The first kappa shape index (κ1) is 22.5. The molecule has 0 spiro atoms. The fourth-order valence-corrected chi connectivity index (χ4v) is 3.56. The molecular formula is C25H30N2O4. The molecule has 6 nitrogen and oxygen atoms in total. The van der Waals surface area contributed by atoms with E-state index in [2.05, 4.69) is 12.2 Å². The van der Waals surface area contributed by atoms with Crippen LogP contribution in [0.15, 0.2) is 54.6 Å². The molecule has 1 fully saturated rings. The second-order valence-electron chi connectivity index (χ2n) is 8.06. The highest BCUT2D eigenvalue weighted by atomic mass is 16.5. The summed E-state index contributed by atoms with van der Waals surface area (Å²) in [6.45, 7) is 4.03. The van der Waals surface area contributed by atoms with Crippen molar-refractivity contribution in [3.8, 4) is 0 Å². The van der Waals surface area contributed by atoms with Gasteiger partial charge in [0, 0.05) is 37.2 Å². The van der Waals surface area contributed by atoms with Crippen LogP contribution < -0.4 is 5.32 Å². The Morgan fingerprint density at radius 1 is 1.00 bits per heavy atom. The molecule has 164 valence electrons. The minimum atomic E-state index is -0.394. The lowest BCUT2D eigenvalue weighted by molar-refractivity contribution is -0.144. The van der Waals surface area contributed by atoms with E-state index in [1.807, 2.05) is 35.2 Å². The normalized spacial score (nSPS) is 14.2. The van der Waals surface area contributed by atoms with Gasteiger partial charge in [0.05, 0.1) is 13.0 Å². The van der Waals surface area contributed by atoms with E-state index in [-0.39, 0.29) is 24.7 Å². The Morgan fingerprint density at radius 3 is 2.48 bits per heavy atom. The first-order valence-electron chi connectivity index (χ1n) is 10.9. The molecule has 3 rings (SSSR count). The molecule has 2 aromatic carbocycles. The fraction of sp³-hybridized carbons (Fsp3) is 0.400. The minimum Gasteiger partial charge on any atom is -0.465 e. The predicted molar refractivity (Wildman–Crippen MR) is 120 cm³/mol. The van der Waals surface area contributed by atoms with Gasteiger partial charge in [-0.1, -0.05) is 43.3 Å². The summed E-state index contributed by atoms with van der Waals surface area (Å²) in [5, 5.41) is 2.77. The largest absolute Gasteiger partial charge is 0.465 e. The molecule has 0 atom stereocenters. The molecule has 0 unspecified atom stereocenters. The van der Waals surface area contributed by atoms with E-state index in [9.17, 15) is 14.4 Å². The monoisotopic (exact) mass is 422 g/mol. The molecule has 31 heavy (non-hydrogen) atoms. The van der Waals surface area contributed by atoms with Crippen molar-refractivity contribution < 1.29 is 19.1 Å². The van der Waals surface area contributed by atoms with Gasteiger partial charge in [-0.3, -0.25) is 14.4 Å². The third-order valence-corrected chi connectivity index (χ3v) is 5.52. The van der Waals surface area contributed by atoms with Gasteiger partial charge in [0.1, 0.15) is 0 Å². The second kappa shape index (κ2) is 11.3. The number of esters is 1. The lowest BCUT2D eigenvalue weighted by Crippen LogP contribution is -2.37. The van der Waals surface area contributed by atoms with Gasteiger partial charge in [-0.2, -0.15) is 0 Å². The van der Waals surface area contributed by atoms with E-state index in [4.69, 9.17) is 4.74 Å². The molecule has 1 aliphatic heterocycles. The topological polar surface area (TPSA) is 75.7 Å². The number of anilines is 1. The van der Waals surface area contributed by atoms with E-state index < -0.39 is 5.97 Å². The Labute approximate surface area is 183 Å². The maximum atomic E-state index is 12.7. The number of ether oxygens (including phenoxy) is 1. The first-order chi connectivity index (χ1) is 15.0. The lowest BCUT2D eigenvalue weighted by Gasteiger charge is -2.30. The van der Waals surface area contributed by atoms with E-state index >= 15 is 0 Å². The van der Waals surface area contributed by atoms with Crippen molar-refractivity contribution in [3.05, 3.63) is 65.7 Å². The Morgan fingerprint density at radius 2 is 1.74 bits per heavy atom. The Balaban J connectivity index is 1.41. The average molecular weight is 423 g/mol. The first-order valence-corrected chi connectivity index (χ1v) is 10.9. The van der Waals surface area contributed by atoms with Gasteiger partial charge < -0.3 is 15.0 Å². The summed E-state index contributed by atoms with van der Waals surface area (Å²) < 4.78 is 5.20. The molecule has 1 aliphatic rings. The highest BCUT2D eigenvalue weighted by molar-refractivity contribution is 5.97. The third kappa shape index (κ3) is 7.24. The standard InChI is InChI=1S/C25H30N2O4/c1-19-12-15-27(16-13-19)25(30)21-8-5-9-22(18-21)26-23(28)10-11-24(29)31-17-14-20-6-3-2-4-7-20/h2-9,18-19H,10-17H2,1H3,(H,26,28). The van der Waals surface area contributed by atoms with Crippen molar-refractivity contribution in [1.29, 1.82) is 0 Å². The Hall–Kier alpha value is -3.15. The number of piperidine rings is 1. The van der Waals surface area contributed by atoms with Crippen LogP contribution >= 0.6 is 0 Å². The van der Waals surface area contributed by atoms with Crippen LogP contribution in [0.25, 0.3) is 0 Å². The number of nitrogens with zero attached hydrogens (tertiary/aromatic N) is 1. The molecule has 2 amide bonds. The summed E-state index contributed by atoms with van der Waals surface area (Å²) in [5.74, 6) is -0.0320. The molecular weight excluding hydrogens is 392 g/mol. The van der Waals surface area contributed by atoms with Crippen molar-refractivity contribution in [2.24, 2.45) is 5.92 Å². The summed E-state index contributed by atoms with van der Waals surface area (Å²) >= 11 is 0. The smallest absolute Gasteiger partial charge is 0.306 e. The predicted octanol–water partition coefficient (Wildman–Crippen LogP) is 4.06. The van der Waals surface area contributed by atoms with Crippen LogP contribution in [0.3, 0.4) is 0 Å². The number of hydrogen-bond donors (Lipinski definition) is 1. The molecule has 1 N–H and O–H groups in total. The summed E-state index contributed by atoms with van der Waals surface area (Å²) in [6, 6.07) is 16.7. The number of nitrogens with one attached hydrogen (secondary N) is 1. The molecule has 0 aliphatic carbocycles. The van der Waals surface area contributed by atoms with Crippen LogP contribution in [0.5, 0.6) is 0 Å². The van der Waals surface area contributed by atoms with Crippen molar-refractivity contribution in [2.45, 2.75) is 39.0 Å². The van der Waals surface area contributed by atoms with Crippen LogP contribution in [-0.4, -0.2) is 42.4 Å². The van der Waals surface area contributed by atoms with Crippen LogP contribution in [0, 0.1) is 5.92 Å². The second-order valence-corrected chi connectivity index (χ2v) is 8.06. The van der Waals surface area contributed by atoms with E-state index in [1.165, 1.54) is 0 Å². The number of amides is 2. The molecule has 0 bridgehead atoms. The van der Waals surface area contributed by atoms with Crippen molar-refractivity contribution in [3.63, 3.8) is 0 Å². The summed E-state index contributed by atoms with van der Waals surface area (Å²) in [4.78, 5) is 38.7. The average Bonchev–Trinajstić information content (AvgIpc) is 2.79. The van der Waals surface area contributed by atoms with Gasteiger partial charge in [-0.25, -0.2) is 0 Å². The van der Waals surface area contributed by atoms with Gasteiger partial charge in [0.15, 0.2) is 0 Å². The summed E-state index contributed by atoms with van der Waals surface area (Å²) in [6.07, 6.45) is 2.74. The van der Waals surface area contributed by atoms with Crippen LogP contribution in [0.2, 0.25) is 0 Å². The highest BCUT2D eigenvalue weighted by Crippen LogP contribution is 2.19. The third-order valence-electron chi connectivity index (χ3n) is 5.52. The Bertz CT molecular complexity index is 889. The molecule has 0 saturated carbocycles. The quantitative estimate of drug-likeness (QED) is 0.651. The van der Waals surface area contributed by atoms with E-state index in [1.54, 1.807) is 24.3 Å². The summed E-state index contributed by atoms with van der Waals surface area (Å²) in [7, 11) is 0. The fourth-order valence-electron chi connectivity index (χ4n) is 3.56. The van der Waals surface area contributed by atoms with Crippen molar-refractivity contribution in [1.82, 2.24) is 4.90 Å². The molecule has 0 radical (unpaired) electrons. The number of hydrogen-bond acceptors (Lipinski definition) is 4. The van der Waals surface area contributed by atoms with Crippen molar-refractivity contribution >= 4 is 23.5 Å². The van der Waals surface area contributed by atoms with Crippen molar-refractivity contribution in [2.75, 3.05) is 25.0 Å². The number of carbonyl (C=O) groups is 3. The minimum absolute atomic E-state index is 0.00927. The van der Waals surface area contributed by atoms with Gasteiger partial charge in [-0.15, -0.1) is 0 Å². The Kier molecular flexibility index (Phi) is 8.21. The van der Waals surface area contributed by atoms with Gasteiger partial charge in [0.2, 0.25) is 5.91 Å². The molecule has 6 heteroatoms. The summed E-state index contributed by atoms with van der Waals surface area (Å²) in [5.41, 5.74) is 2.22. The zero-order valence-corrected chi connectivity index (χ0v) is 18.0.